The largest absolute Gasteiger partial charge is 0.316 e. The molecule has 2 fully saturated rings. The maximum absolute atomic E-state index is 3.45. The predicted molar refractivity (Wildman–Crippen MR) is 62.6 cm³/mol. The first kappa shape index (κ1) is 12.0. The summed E-state index contributed by atoms with van der Waals surface area (Å²) in [5.41, 5.74) is 0.675. The normalized spacial score (nSPS) is 31.9. The van der Waals surface area contributed by atoms with Crippen molar-refractivity contribution >= 4 is 0 Å². The molecule has 2 heterocycles. The summed E-state index contributed by atoms with van der Waals surface area (Å²) in [6, 6.07) is 0. The highest BCUT2D eigenvalue weighted by Crippen LogP contribution is 2.34. The van der Waals surface area contributed by atoms with Crippen LogP contribution in [0.3, 0.4) is 0 Å². The molecule has 0 amide bonds. The van der Waals surface area contributed by atoms with Gasteiger partial charge in [-0.05, 0) is 38.4 Å². The highest BCUT2D eigenvalue weighted by Gasteiger charge is 2.38. The Morgan fingerprint density at radius 2 is 1.93 bits per heavy atom. The molecule has 1 N–H and O–H groups in total. The van der Waals surface area contributed by atoms with Crippen LogP contribution in [0.2, 0.25) is 0 Å². The zero-order valence-corrected chi connectivity index (χ0v) is 10.1. The van der Waals surface area contributed by atoms with Crippen molar-refractivity contribution in [2.75, 3.05) is 33.2 Å². The number of rotatable bonds is 1. The zero-order chi connectivity index (χ0) is 10.4. The van der Waals surface area contributed by atoms with Crippen molar-refractivity contribution in [1.29, 1.82) is 0 Å². The van der Waals surface area contributed by atoms with Crippen LogP contribution in [0.4, 0.5) is 0 Å². The van der Waals surface area contributed by atoms with Crippen molar-refractivity contribution in [2.45, 2.75) is 39.5 Å². The van der Waals surface area contributed by atoms with E-state index in [0.717, 1.165) is 0 Å². The lowest BCUT2D eigenvalue weighted by Gasteiger charge is -2.20. The maximum atomic E-state index is 3.45. The van der Waals surface area contributed by atoms with Crippen LogP contribution in [0.5, 0.6) is 0 Å². The van der Waals surface area contributed by atoms with Gasteiger partial charge in [-0.3, -0.25) is 0 Å². The van der Waals surface area contributed by atoms with Gasteiger partial charge in [0.25, 0.3) is 0 Å². The summed E-state index contributed by atoms with van der Waals surface area (Å²) in [5.74, 6) is 0. The summed E-state index contributed by atoms with van der Waals surface area (Å²) in [6.07, 6.45) is 5.45. The second-order valence-corrected chi connectivity index (χ2v) is 4.91. The Hall–Kier alpha value is -0.0800. The standard InChI is InChI=1S/C8H16N2.C4H10/c1-10-5-3-8(7-10)2-4-9-6-8;1-3-4-2/h9H,2-7H2,1H3;3-4H2,1-2H3. The molecule has 14 heavy (non-hydrogen) atoms. The SMILES string of the molecule is CCCC.CN1CCC2(CCNC2)C1. The smallest absolute Gasteiger partial charge is 0.00481 e. The monoisotopic (exact) mass is 198 g/mol. The van der Waals surface area contributed by atoms with Crippen molar-refractivity contribution in [3.63, 3.8) is 0 Å². The molecule has 0 saturated carbocycles. The molecule has 1 unspecified atom stereocenters. The van der Waals surface area contributed by atoms with E-state index in [9.17, 15) is 0 Å². The molecule has 2 saturated heterocycles. The molecule has 0 aliphatic carbocycles. The molecule has 2 rings (SSSR count). The van der Waals surface area contributed by atoms with Gasteiger partial charge in [-0.25, -0.2) is 0 Å². The molecule has 2 aliphatic heterocycles. The highest BCUT2D eigenvalue weighted by molar-refractivity contribution is 4.94. The first-order chi connectivity index (χ1) is 6.72. The molecule has 0 radical (unpaired) electrons. The van der Waals surface area contributed by atoms with Gasteiger partial charge in [0.05, 0.1) is 0 Å². The van der Waals surface area contributed by atoms with E-state index in [1.165, 1.54) is 51.9 Å². The molecule has 2 aliphatic rings. The van der Waals surface area contributed by atoms with Crippen molar-refractivity contribution < 1.29 is 0 Å². The van der Waals surface area contributed by atoms with Gasteiger partial charge in [0.1, 0.15) is 0 Å². The van der Waals surface area contributed by atoms with E-state index in [2.05, 4.69) is 31.1 Å². The average molecular weight is 198 g/mol. The third-order valence-corrected chi connectivity index (χ3v) is 3.46. The zero-order valence-electron chi connectivity index (χ0n) is 10.1. The minimum Gasteiger partial charge on any atom is -0.316 e. The molecule has 84 valence electrons. The van der Waals surface area contributed by atoms with Gasteiger partial charge in [0.15, 0.2) is 0 Å². The van der Waals surface area contributed by atoms with Gasteiger partial charge >= 0.3 is 0 Å². The number of hydrogen-bond acceptors (Lipinski definition) is 2. The van der Waals surface area contributed by atoms with E-state index in [4.69, 9.17) is 0 Å². The predicted octanol–water partition coefficient (Wildman–Crippen LogP) is 2.11. The van der Waals surface area contributed by atoms with Crippen LogP contribution in [0.25, 0.3) is 0 Å². The first-order valence-corrected chi connectivity index (χ1v) is 6.12. The van der Waals surface area contributed by atoms with Crippen LogP contribution in [0.15, 0.2) is 0 Å². The Morgan fingerprint density at radius 1 is 1.21 bits per heavy atom. The molecule has 0 bridgehead atoms. The van der Waals surface area contributed by atoms with Crippen molar-refractivity contribution in [3.8, 4) is 0 Å². The highest BCUT2D eigenvalue weighted by atomic mass is 15.1. The summed E-state index contributed by atoms with van der Waals surface area (Å²) < 4.78 is 0. The Kier molecular flexibility index (Phi) is 4.90. The molecule has 0 aromatic rings. The molecule has 0 aromatic carbocycles. The van der Waals surface area contributed by atoms with E-state index in [-0.39, 0.29) is 0 Å². The fraction of sp³-hybridized carbons (Fsp3) is 1.00. The summed E-state index contributed by atoms with van der Waals surface area (Å²) >= 11 is 0. The van der Waals surface area contributed by atoms with Gasteiger partial charge in [0.2, 0.25) is 0 Å². The van der Waals surface area contributed by atoms with Crippen molar-refractivity contribution in [1.82, 2.24) is 10.2 Å². The molecular weight excluding hydrogens is 172 g/mol. The van der Waals surface area contributed by atoms with Crippen LogP contribution in [-0.4, -0.2) is 38.1 Å². The first-order valence-electron chi connectivity index (χ1n) is 6.12. The molecule has 1 spiro atoms. The van der Waals surface area contributed by atoms with Gasteiger partial charge in [-0.2, -0.15) is 0 Å². The molecular formula is C12H26N2. The van der Waals surface area contributed by atoms with E-state index < -0.39 is 0 Å². The van der Waals surface area contributed by atoms with Gasteiger partial charge in [0, 0.05) is 13.1 Å². The van der Waals surface area contributed by atoms with Crippen LogP contribution in [0, 0.1) is 5.41 Å². The van der Waals surface area contributed by atoms with Crippen LogP contribution < -0.4 is 5.32 Å². The van der Waals surface area contributed by atoms with Crippen LogP contribution >= 0.6 is 0 Å². The van der Waals surface area contributed by atoms with Gasteiger partial charge < -0.3 is 10.2 Å². The average Bonchev–Trinajstić information content (AvgIpc) is 2.78. The number of nitrogens with zero attached hydrogens (tertiary/aromatic N) is 1. The lowest BCUT2D eigenvalue weighted by atomic mass is 9.87. The lowest BCUT2D eigenvalue weighted by Crippen LogP contribution is -2.27. The topological polar surface area (TPSA) is 15.3 Å². The van der Waals surface area contributed by atoms with Gasteiger partial charge in [-0.15, -0.1) is 0 Å². The third kappa shape index (κ3) is 3.25. The quantitative estimate of drug-likeness (QED) is 0.694. The van der Waals surface area contributed by atoms with Crippen molar-refractivity contribution in [2.24, 2.45) is 5.41 Å². The van der Waals surface area contributed by atoms with Crippen LogP contribution in [-0.2, 0) is 0 Å². The fourth-order valence-electron chi connectivity index (χ4n) is 2.30. The Morgan fingerprint density at radius 3 is 2.29 bits per heavy atom. The minimum absolute atomic E-state index is 0.675. The van der Waals surface area contributed by atoms with E-state index >= 15 is 0 Å². The number of likely N-dealkylation sites (tertiary alicyclic amines) is 1. The van der Waals surface area contributed by atoms with Crippen LogP contribution in [0.1, 0.15) is 39.5 Å². The summed E-state index contributed by atoms with van der Waals surface area (Å²) in [7, 11) is 2.23. The number of hydrogen-bond donors (Lipinski definition) is 1. The summed E-state index contributed by atoms with van der Waals surface area (Å²) in [6.45, 7) is 9.49. The Balaban J connectivity index is 0.000000213. The van der Waals surface area contributed by atoms with E-state index in [0.29, 0.717) is 5.41 Å². The molecule has 2 heteroatoms. The number of unbranched alkanes of at least 4 members (excludes halogenated alkanes) is 1. The Labute approximate surface area is 89.1 Å². The third-order valence-electron chi connectivity index (χ3n) is 3.46. The van der Waals surface area contributed by atoms with E-state index in [1.807, 2.05) is 0 Å². The van der Waals surface area contributed by atoms with E-state index in [1.54, 1.807) is 0 Å². The summed E-state index contributed by atoms with van der Waals surface area (Å²) in [4.78, 5) is 2.45. The Bertz CT molecular complexity index is 148. The lowest BCUT2D eigenvalue weighted by molar-refractivity contribution is 0.309. The summed E-state index contributed by atoms with van der Waals surface area (Å²) in [5, 5.41) is 3.45. The fourth-order valence-corrected chi connectivity index (χ4v) is 2.30. The second-order valence-electron chi connectivity index (χ2n) is 4.91. The van der Waals surface area contributed by atoms with Crippen molar-refractivity contribution in [3.05, 3.63) is 0 Å². The molecule has 2 nitrogen and oxygen atoms in total. The van der Waals surface area contributed by atoms with Gasteiger partial charge in [-0.1, -0.05) is 26.7 Å². The second kappa shape index (κ2) is 5.72. The molecule has 1 atom stereocenters. The molecule has 0 aromatic heterocycles. The minimum atomic E-state index is 0.675. The number of nitrogens with one attached hydrogen (secondary N) is 1. The maximum Gasteiger partial charge on any atom is 0.00481 e.